The van der Waals surface area contributed by atoms with Crippen LogP contribution in [0.4, 0.5) is 0 Å². The maximum absolute atomic E-state index is 5.90. The summed E-state index contributed by atoms with van der Waals surface area (Å²) in [5.41, 5.74) is 5.57. The third-order valence-electron chi connectivity index (χ3n) is 7.02. The van der Waals surface area contributed by atoms with Gasteiger partial charge in [-0.25, -0.2) is 19.9 Å². The van der Waals surface area contributed by atoms with Gasteiger partial charge in [-0.05, 0) is 87.8 Å². The molecule has 5 nitrogen and oxygen atoms in total. The summed E-state index contributed by atoms with van der Waals surface area (Å²) in [5.74, 6) is 1.93. The van der Waals surface area contributed by atoms with Crippen LogP contribution in [-0.2, 0) is 0 Å². The number of hydrogen-bond donors (Lipinski definition) is 0. The normalized spacial score (nSPS) is 12.2. The van der Waals surface area contributed by atoms with Crippen LogP contribution in [0.5, 0.6) is 0 Å². The number of pyridine rings is 1. The Labute approximate surface area is 250 Å². The second-order valence-electron chi connectivity index (χ2n) is 9.66. The van der Waals surface area contributed by atoms with Gasteiger partial charge >= 0.3 is 0 Å². The van der Waals surface area contributed by atoms with E-state index < -0.39 is 0 Å². The molecule has 0 bridgehead atoms. The summed E-state index contributed by atoms with van der Waals surface area (Å²) < 4.78 is 6.85. The lowest BCUT2D eigenvalue weighted by Gasteiger charge is -2.09. The van der Waals surface area contributed by atoms with Crippen LogP contribution in [0, 0.1) is 0 Å². The van der Waals surface area contributed by atoms with Crippen molar-refractivity contribution in [3.05, 3.63) is 127 Å². The van der Waals surface area contributed by atoms with Gasteiger partial charge in [0.2, 0.25) is 5.71 Å². The zero-order chi connectivity index (χ0) is 27.8. The second-order valence-corrected chi connectivity index (χ2v) is 10.8. The Morgan fingerprint density at radius 1 is 0.683 bits per heavy atom. The maximum Gasteiger partial charge on any atom is 0.227 e. The van der Waals surface area contributed by atoms with Gasteiger partial charge in [0.1, 0.15) is 5.58 Å². The summed E-state index contributed by atoms with van der Waals surface area (Å²) in [6, 6.07) is 33.2. The summed E-state index contributed by atoms with van der Waals surface area (Å²) in [4.78, 5) is 19.0. The molecule has 0 aliphatic carbocycles. The minimum Gasteiger partial charge on any atom is -0.438 e. The van der Waals surface area contributed by atoms with Crippen LogP contribution in [0.2, 0.25) is 0 Å². The minimum atomic E-state index is 0.634. The molecule has 0 saturated carbocycles. The first kappa shape index (κ1) is 25.3. The molecule has 0 unspecified atom stereocenters. The average Bonchev–Trinajstić information content (AvgIpc) is 3.41. The highest BCUT2D eigenvalue weighted by atomic mass is 127. The van der Waals surface area contributed by atoms with E-state index in [1.165, 1.54) is 5.39 Å². The SMILES string of the molecule is C/C=C\C=C(/I)c1nc(-c2ccc(-c3ccc4oc5ncccc5c4c3)cc2)nc(-c2ccc3ccccc3c2)n1. The van der Waals surface area contributed by atoms with E-state index in [0.717, 1.165) is 47.6 Å². The molecule has 4 aromatic carbocycles. The van der Waals surface area contributed by atoms with Gasteiger partial charge in [0.15, 0.2) is 17.5 Å². The number of fused-ring (bicyclic) bond motifs is 4. The van der Waals surface area contributed by atoms with Crippen molar-refractivity contribution < 1.29 is 4.42 Å². The number of benzene rings is 4. The Bertz CT molecular complexity index is 2130. The second kappa shape index (κ2) is 10.7. The van der Waals surface area contributed by atoms with E-state index in [9.17, 15) is 0 Å². The minimum absolute atomic E-state index is 0.634. The van der Waals surface area contributed by atoms with Crippen LogP contribution in [0.3, 0.4) is 0 Å². The molecule has 0 amide bonds. The molecule has 0 atom stereocenters. The van der Waals surface area contributed by atoms with E-state index in [4.69, 9.17) is 19.4 Å². The molecule has 7 rings (SSSR count). The highest BCUT2D eigenvalue weighted by molar-refractivity contribution is 14.1. The molecule has 0 fully saturated rings. The van der Waals surface area contributed by atoms with Crippen molar-refractivity contribution in [2.75, 3.05) is 0 Å². The van der Waals surface area contributed by atoms with E-state index >= 15 is 0 Å². The zero-order valence-corrected chi connectivity index (χ0v) is 24.3. The number of halogens is 1. The molecule has 7 aromatic rings. The van der Waals surface area contributed by atoms with Crippen molar-refractivity contribution in [2.45, 2.75) is 6.92 Å². The van der Waals surface area contributed by atoms with Crippen molar-refractivity contribution in [1.82, 2.24) is 19.9 Å². The van der Waals surface area contributed by atoms with Crippen LogP contribution in [0.25, 0.3) is 70.3 Å². The lowest BCUT2D eigenvalue weighted by Crippen LogP contribution is -2.01. The summed E-state index contributed by atoms with van der Waals surface area (Å²) >= 11 is 2.29. The third kappa shape index (κ3) is 4.91. The van der Waals surface area contributed by atoms with E-state index in [0.29, 0.717) is 23.2 Å². The first-order valence-corrected chi connectivity index (χ1v) is 14.4. The summed E-state index contributed by atoms with van der Waals surface area (Å²) in [7, 11) is 0. The molecule has 0 saturated heterocycles. The van der Waals surface area contributed by atoms with Crippen molar-refractivity contribution >= 4 is 59.0 Å². The largest absolute Gasteiger partial charge is 0.438 e. The van der Waals surface area contributed by atoms with Crippen LogP contribution in [0.15, 0.2) is 126 Å². The molecule has 3 heterocycles. The standard InChI is InChI=1S/C35H23IN4O/c1-2-3-10-30(36)34-39-32(38-33(40-34)27-16-13-22-7-4-5-8-25(22)20-27)24-14-11-23(12-15-24)26-17-18-31-29(21-26)28-9-6-19-37-35(28)41-31/h2-21H,1H3/b3-2-,30-10-. The predicted octanol–water partition coefficient (Wildman–Crippen LogP) is 9.67. The maximum atomic E-state index is 5.90. The van der Waals surface area contributed by atoms with Crippen molar-refractivity contribution in [3.63, 3.8) is 0 Å². The topological polar surface area (TPSA) is 64.7 Å². The fourth-order valence-corrected chi connectivity index (χ4v) is 5.38. The quantitative estimate of drug-likeness (QED) is 0.138. The molecule has 3 aromatic heterocycles. The van der Waals surface area contributed by atoms with Gasteiger partial charge in [-0.3, -0.25) is 0 Å². The lowest BCUT2D eigenvalue weighted by atomic mass is 10.0. The molecule has 0 spiro atoms. The summed E-state index contributed by atoms with van der Waals surface area (Å²) in [5, 5.41) is 4.40. The van der Waals surface area contributed by atoms with E-state index in [1.54, 1.807) is 6.20 Å². The molecular formula is C35H23IN4O. The number of nitrogens with zero attached hydrogens (tertiary/aromatic N) is 4. The van der Waals surface area contributed by atoms with Gasteiger partial charge in [0.05, 0.1) is 3.58 Å². The molecule has 6 heteroatoms. The van der Waals surface area contributed by atoms with Crippen LogP contribution in [-0.4, -0.2) is 19.9 Å². The Morgan fingerprint density at radius 2 is 1.41 bits per heavy atom. The molecular weight excluding hydrogens is 619 g/mol. The van der Waals surface area contributed by atoms with Crippen molar-refractivity contribution in [2.24, 2.45) is 0 Å². The Morgan fingerprint density at radius 3 is 2.24 bits per heavy atom. The number of aromatic nitrogens is 4. The monoisotopic (exact) mass is 642 g/mol. The fraction of sp³-hybridized carbons (Fsp3) is 0.0286. The number of furan rings is 1. The molecule has 0 N–H and O–H groups in total. The predicted molar refractivity (Wildman–Crippen MR) is 176 cm³/mol. The number of hydrogen-bond acceptors (Lipinski definition) is 5. The molecule has 0 aliphatic rings. The summed E-state index contributed by atoms with van der Waals surface area (Å²) in [6.45, 7) is 1.99. The van der Waals surface area contributed by atoms with E-state index in [2.05, 4.69) is 94.3 Å². The zero-order valence-electron chi connectivity index (χ0n) is 22.1. The first-order valence-electron chi connectivity index (χ1n) is 13.3. The van der Waals surface area contributed by atoms with Gasteiger partial charge < -0.3 is 4.42 Å². The van der Waals surface area contributed by atoms with E-state index in [1.807, 2.05) is 55.5 Å². The molecule has 0 radical (unpaired) electrons. The molecule has 0 aliphatic heterocycles. The molecule has 41 heavy (non-hydrogen) atoms. The Hall–Kier alpha value is -4.69. The Balaban J connectivity index is 1.30. The van der Waals surface area contributed by atoms with Gasteiger partial charge in [-0.1, -0.05) is 78.9 Å². The summed E-state index contributed by atoms with van der Waals surface area (Å²) in [6.07, 6.45) is 7.74. The van der Waals surface area contributed by atoms with Crippen LogP contribution < -0.4 is 0 Å². The molecule has 196 valence electrons. The first-order chi connectivity index (χ1) is 20.2. The lowest BCUT2D eigenvalue weighted by molar-refractivity contribution is 0.654. The van der Waals surface area contributed by atoms with E-state index in [-0.39, 0.29) is 0 Å². The smallest absolute Gasteiger partial charge is 0.227 e. The van der Waals surface area contributed by atoms with Crippen LogP contribution >= 0.6 is 22.6 Å². The van der Waals surface area contributed by atoms with Gasteiger partial charge in [-0.2, -0.15) is 0 Å². The fourth-order valence-electron chi connectivity index (χ4n) is 4.93. The number of rotatable bonds is 5. The highest BCUT2D eigenvalue weighted by Crippen LogP contribution is 2.33. The van der Waals surface area contributed by atoms with Crippen LogP contribution in [0.1, 0.15) is 12.7 Å². The van der Waals surface area contributed by atoms with Gasteiger partial charge in [0, 0.05) is 28.1 Å². The van der Waals surface area contributed by atoms with Crippen molar-refractivity contribution in [1.29, 1.82) is 0 Å². The van der Waals surface area contributed by atoms with Gasteiger partial charge in [-0.15, -0.1) is 0 Å². The highest BCUT2D eigenvalue weighted by Gasteiger charge is 2.14. The number of allylic oxidation sites excluding steroid dienone is 3. The third-order valence-corrected chi connectivity index (χ3v) is 7.86. The van der Waals surface area contributed by atoms with Crippen molar-refractivity contribution in [3.8, 4) is 33.9 Å². The Kier molecular flexibility index (Phi) is 6.60. The van der Waals surface area contributed by atoms with Gasteiger partial charge in [0.25, 0.3) is 0 Å². The average molecular weight is 643 g/mol.